The van der Waals surface area contributed by atoms with Crippen LogP contribution in [0.3, 0.4) is 0 Å². The molecule has 0 saturated carbocycles. The molecule has 6 nitrogen and oxygen atoms in total. The van der Waals surface area contributed by atoms with Crippen molar-refractivity contribution in [2.45, 2.75) is 32.7 Å². The van der Waals surface area contributed by atoms with Crippen LogP contribution < -0.4 is 10.2 Å². The molecule has 1 amide bonds. The number of amides is 1. The Balaban J connectivity index is 1.51. The molecule has 2 aliphatic rings. The molecule has 2 fully saturated rings. The summed E-state index contributed by atoms with van der Waals surface area (Å²) in [5.41, 5.74) is 3.27. The summed E-state index contributed by atoms with van der Waals surface area (Å²) in [7, 11) is -3.01. The Kier molecular flexibility index (Phi) is 5.30. The second-order valence-electron chi connectivity index (χ2n) is 7.93. The van der Waals surface area contributed by atoms with E-state index in [0.29, 0.717) is 13.0 Å². The lowest BCUT2D eigenvalue weighted by molar-refractivity contribution is -0.123. The van der Waals surface area contributed by atoms with Gasteiger partial charge in [-0.15, -0.1) is 0 Å². The first-order valence-corrected chi connectivity index (χ1v) is 11.0. The number of benzene rings is 1. The fraction of sp³-hybridized carbons (Fsp3) is 0.632. The maximum atomic E-state index is 12.4. The van der Waals surface area contributed by atoms with E-state index in [-0.39, 0.29) is 17.4 Å². The van der Waals surface area contributed by atoms with Crippen molar-refractivity contribution in [2.75, 3.05) is 49.1 Å². The molecule has 3 rings (SSSR count). The predicted octanol–water partition coefficient (Wildman–Crippen LogP) is 1.12. The standard InChI is InChI=1S/C19H29N3O3S/c1-15-5-4-6-17(16(15)2)22-10-8-21(9-11-22)13-18(23)20-19(3)7-12-26(24,25)14-19/h4-6H,7-14H2,1-3H3,(H,20,23)/t19-/m0/s1. The Morgan fingerprint density at radius 3 is 2.50 bits per heavy atom. The van der Waals surface area contributed by atoms with E-state index in [2.05, 4.69) is 47.2 Å². The highest BCUT2D eigenvalue weighted by molar-refractivity contribution is 7.91. The van der Waals surface area contributed by atoms with E-state index in [4.69, 9.17) is 0 Å². The third kappa shape index (κ3) is 4.38. The van der Waals surface area contributed by atoms with Gasteiger partial charge in [-0.25, -0.2) is 8.42 Å². The van der Waals surface area contributed by atoms with Crippen molar-refractivity contribution in [3.63, 3.8) is 0 Å². The van der Waals surface area contributed by atoms with E-state index in [1.165, 1.54) is 16.8 Å². The lowest BCUT2D eigenvalue weighted by Crippen LogP contribution is -2.53. The van der Waals surface area contributed by atoms with Crippen molar-refractivity contribution in [1.29, 1.82) is 0 Å². The van der Waals surface area contributed by atoms with Crippen LogP contribution in [0.5, 0.6) is 0 Å². The number of hydrogen-bond donors (Lipinski definition) is 1. The van der Waals surface area contributed by atoms with Crippen LogP contribution in [0.15, 0.2) is 18.2 Å². The molecule has 1 aromatic rings. The zero-order valence-electron chi connectivity index (χ0n) is 15.9. The van der Waals surface area contributed by atoms with Gasteiger partial charge < -0.3 is 10.2 Å². The molecule has 2 saturated heterocycles. The van der Waals surface area contributed by atoms with Gasteiger partial charge in [0.2, 0.25) is 5.91 Å². The number of carbonyl (C=O) groups is 1. The van der Waals surface area contributed by atoms with E-state index in [9.17, 15) is 13.2 Å². The second-order valence-corrected chi connectivity index (χ2v) is 10.1. The molecular weight excluding hydrogens is 350 g/mol. The average Bonchev–Trinajstić information content (AvgIpc) is 2.84. The average molecular weight is 380 g/mol. The zero-order chi connectivity index (χ0) is 18.9. The smallest absolute Gasteiger partial charge is 0.234 e. The summed E-state index contributed by atoms with van der Waals surface area (Å²) in [6.07, 6.45) is 0.501. The van der Waals surface area contributed by atoms with Crippen molar-refractivity contribution in [1.82, 2.24) is 10.2 Å². The molecule has 2 heterocycles. The van der Waals surface area contributed by atoms with Crippen LogP contribution in [0.25, 0.3) is 0 Å². The number of nitrogens with one attached hydrogen (secondary N) is 1. The molecule has 2 aliphatic heterocycles. The summed E-state index contributed by atoms with van der Waals surface area (Å²) in [6, 6.07) is 6.38. The molecule has 26 heavy (non-hydrogen) atoms. The van der Waals surface area contributed by atoms with Crippen molar-refractivity contribution in [3.8, 4) is 0 Å². The lowest BCUT2D eigenvalue weighted by atomic mass is 10.0. The minimum Gasteiger partial charge on any atom is -0.369 e. The van der Waals surface area contributed by atoms with Gasteiger partial charge in [0.1, 0.15) is 0 Å². The maximum absolute atomic E-state index is 12.4. The largest absolute Gasteiger partial charge is 0.369 e. The molecular formula is C19H29N3O3S. The highest BCUT2D eigenvalue weighted by atomic mass is 32.2. The lowest BCUT2D eigenvalue weighted by Gasteiger charge is -2.37. The molecule has 0 unspecified atom stereocenters. The Morgan fingerprint density at radius 2 is 1.88 bits per heavy atom. The predicted molar refractivity (Wildman–Crippen MR) is 104 cm³/mol. The molecule has 1 N–H and O–H groups in total. The fourth-order valence-corrected chi connectivity index (χ4v) is 6.01. The molecule has 0 radical (unpaired) electrons. The Labute approximate surface area is 156 Å². The number of nitrogens with zero attached hydrogens (tertiary/aromatic N) is 2. The summed E-state index contributed by atoms with van der Waals surface area (Å²) >= 11 is 0. The van der Waals surface area contributed by atoms with Gasteiger partial charge in [-0.2, -0.15) is 0 Å². The molecule has 0 aliphatic carbocycles. The van der Waals surface area contributed by atoms with Crippen molar-refractivity contribution < 1.29 is 13.2 Å². The number of aryl methyl sites for hydroxylation is 1. The van der Waals surface area contributed by atoms with Crippen molar-refractivity contribution >= 4 is 21.4 Å². The minimum absolute atomic E-state index is 0.0478. The van der Waals surface area contributed by atoms with Gasteiger partial charge in [0.25, 0.3) is 0 Å². The summed E-state index contributed by atoms with van der Waals surface area (Å²) < 4.78 is 23.3. The first kappa shape index (κ1) is 19.2. The molecule has 7 heteroatoms. The van der Waals surface area contributed by atoms with E-state index in [0.717, 1.165) is 26.2 Å². The molecule has 0 spiro atoms. The van der Waals surface area contributed by atoms with E-state index in [1.54, 1.807) is 0 Å². The normalized spacial score (nSPS) is 26.0. The number of sulfone groups is 1. The third-order valence-corrected chi connectivity index (χ3v) is 7.50. The van der Waals surface area contributed by atoms with Crippen LogP contribution in [0.2, 0.25) is 0 Å². The van der Waals surface area contributed by atoms with E-state index < -0.39 is 15.4 Å². The molecule has 0 aromatic heterocycles. The van der Waals surface area contributed by atoms with Crippen molar-refractivity contribution in [2.24, 2.45) is 0 Å². The van der Waals surface area contributed by atoms with Gasteiger partial charge in [0.05, 0.1) is 23.6 Å². The number of hydrogen-bond acceptors (Lipinski definition) is 5. The van der Waals surface area contributed by atoms with Gasteiger partial charge in [0.15, 0.2) is 9.84 Å². The van der Waals surface area contributed by atoms with Crippen LogP contribution in [-0.4, -0.2) is 69.0 Å². The number of piperazine rings is 1. The Hall–Kier alpha value is -1.60. The minimum atomic E-state index is -3.01. The van der Waals surface area contributed by atoms with Gasteiger partial charge in [0, 0.05) is 31.9 Å². The number of carbonyl (C=O) groups excluding carboxylic acids is 1. The fourth-order valence-electron chi connectivity index (χ4n) is 3.91. The van der Waals surface area contributed by atoms with E-state index >= 15 is 0 Å². The molecule has 0 bridgehead atoms. The zero-order valence-corrected chi connectivity index (χ0v) is 16.7. The number of anilines is 1. The molecule has 144 valence electrons. The summed E-state index contributed by atoms with van der Waals surface area (Å²) in [6.45, 7) is 9.88. The second kappa shape index (κ2) is 7.19. The van der Waals surface area contributed by atoms with E-state index in [1.807, 2.05) is 6.92 Å². The Morgan fingerprint density at radius 1 is 1.19 bits per heavy atom. The topological polar surface area (TPSA) is 69.7 Å². The maximum Gasteiger partial charge on any atom is 0.234 e. The van der Waals surface area contributed by atoms with Gasteiger partial charge in [-0.05, 0) is 44.4 Å². The van der Waals surface area contributed by atoms with Crippen LogP contribution in [-0.2, 0) is 14.6 Å². The highest BCUT2D eigenvalue weighted by Crippen LogP contribution is 2.24. The summed E-state index contributed by atoms with van der Waals surface area (Å²) in [5, 5.41) is 2.94. The van der Waals surface area contributed by atoms with Crippen LogP contribution in [0.4, 0.5) is 5.69 Å². The first-order chi connectivity index (χ1) is 12.2. The van der Waals surface area contributed by atoms with Gasteiger partial charge >= 0.3 is 0 Å². The first-order valence-electron chi connectivity index (χ1n) is 9.22. The van der Waals surface area contributed by atoms with Crippen LogP contribution in [0, 0.1) is 13.8 Å². The van der Waals surface area contributed by atoms with Crippen LogP contribution >= 0.6 is 0 Å². The quantitative estimate of drug-likeness (QED) is 0.849. The van der Waals surface area contributed by atoms with Gasteiger partial charge in [-0.1, -0.05) is 12.1 Å². The molecule has 1 aromatic carbocycles. The van der Waals surface area contributed by atoms with Crippen molar-refractivity contribution in [3.05, 3.63) is 29.3 Å². The summed E-state index contributed by atoms with van der Waals surface area (Å²) in [5.74, 6) is 0.134. The summed E-state index contributed by atoms with van der Waals surface area (Å²) in [4.78, 5) is 16.9. The highest BCUT2D eigenvalue weighted by Gasteiger charge is 2.39. The SMILES string of the molecule is Cc1cccc(N2CCN(CC(=O)N[C@@]3(C)CCS(=O)(=O)C3)CC2)c1C. The molecule has 1 atom stereocenters. The van der Waals surface area contributed by atoms with Crippen LogP contribution in [0.1, 0.15) is 24.5 Å². The monoisotopic (exact) mass is 379 g/mol. The van der Waals surface area contributed by atoms with Gasteiger partial charge in [-0.3, -0.25) is 9.69 Å². The third-order valence-electron chi connectivity index (χ3n) is 5.60. The number of rotatable bonds is 4. The Bertz CT molecular complexity index is 785.